The quantitative estimate of drug-likeness (QED) is 0.507. The summed E-state index contributed by atoms with van der Waals surface area (Å²) in [6.45, 7) is 2.94. The summed E-state index contributed by atoms with van der Waals surface area (Å²) in [6.07, 6.45) is 2.07. The van der Waals surface area contributed by atoms with Crippen LogP contribution in [0.2, 0.25) is 0 Å². The maximum absolute atomic E-state index is 12.5. The van der Waals surface area contributed by atoms with Crippen LogP contribution in [0.5, 0.6) is 0 Å². The fourth-order valence-electron chi connectivity index (χ4n) is 2.38. The van der Waals surface area contributed by atoms with E-state index in [0.29, 0.717) is 30.8 Å². The van der Waals surface area contributed by atoms with Crippen molar-refractivity contribution >= 4 is 23.5 Å². The molecule has 1 heterocycles. The van der Waals surface area contributed by atoms with E-state index in [2.05, 4.69) is 15.6 Å². The standard InChI is InChI=1S/C20H23N3O5/c1-3-28-20(26)15-7-4-5-8-16(15)23-19(25)17-13-14(9-11-21-17)18(24)22-10-6-12-27-2/h4-5,7-9,11,13H,3,6,10,12H2,1-2H3,(H,22,24)(H,23,25). The molecule has 8 nitrogen and oxygen atoms in total. The number of nitrogens with zero attached hydrogens (tertiary/aromatic N) is 1. The smallest absolute Gasteiger partial charge is 0.340 e. The van der Waals surface area contributed by atoms with Crippen molar-refractivity contribution in [1.82, 2.24) is 10.3 Å². The molecule has 0 bridgehead atoms. The van der Waals surface area contributed by atoms with E-state index in [0.717, 1.165) is 0 Å². The van der Waals surface area contributed by atoms with Crippen LogP contribution >= 0.6 is 0 Å². The molecule has 28 heavy (non-hydrogen) atoms. The van der Waals surface area contributed by atoms with Gasteiger partial charge in [-0.15, -0.1) is 0 Å². The Labute approximate surface area is 163 Å². The van der Waals surface area contributed by atoms with Crippen LogP contribution in [0, 0.1) is 0 Å². The van der Waals surface area contributed by atoms with Gasteiger partial charge in [-0.05, 0) is 37.6 Å². The molecule has 0 aliphatic carbocycles. The number of rotatable bonds is 9. The Kier molecular flexibility index (Phi) is 8.11. The number of benzene rings is 1. The summed E-state index contributed by atoms with van der Waals surface area (Å²) < 4.78 is 9.92. The number of ether oxygens (including phenoxy) is 2. The van der Waals surface area contributed by atoms with Crippen LogP contribution in [0.1, 0.15) is 44.5 Å². The van der Waals surface area contributed by atoms with Gasteiger partial charge in [-0.25, -0.2) is 4.79 Å². The zero-order valence-corrected chi connectivity index (χ0v) is 15.9. The highest BCUT2D eigenvalue weighted by molar-refractivity contribution is 6.08. The third-order valence-corrected chi connectivity index (χ3v) is 3.74. The summed E-state index contributed by atoms with van der Waals surface area (Å²) in [4.78, 5) is 40.8. The largest absolute Gasteiger partial charge is 0.462 e. The van der Waals surface area contributed by atoms with Crippen LogP contribution in [-0.2, 0) is 9.47 Å². The average molecular weight is 385 g/mol. The van der Waals surface area contributed by atoms with Crippen LogP contribution in [0.4, 0.5) is 5.69 Å². The zero-order chi connectivity index (χ0) is 20.4. The van der Waals surface area contributed by atoms with Crippen molar-refractivity contribution < 1.29 is 23.9 Å². The van der Waals surface area contributed by atoms with Crippen molar-refractivity contribution in [3.05, 3.63) is 59.4 Å². The second kappa shape index (κ2) is 10.8. The van der Waals surface area contributed by atoms with Gasteiger partial charge in [0.1, 0.15) is 5.69 Å². The van der Waals surface area contributed by atoms with Crippen molar-refractivity contribution in [3.8, 4) is 0 Å². The maximum Gasteiger partial charge on any atom is 0.340 e. The van der Waals surface area contributed by atoms with Crippen LogP contribution in [0.15, 0.2) is 42.6 Å². The lowest BCUT2D eigenvalue weighted by atomic mass is 10.1. The number of carbonyl (C=O) groups is 3. The molecule has 0 atom stereocenters. The molecule has 148 valence electrons. The van der Waals surface area contributed by atoms with Gasteiger partial charge in [0, 0.05) is 32.0 Å². The van der Waals surface area contributed by atoms with E-state index in [1.54, 1.807) is 38.3 Å². The number of carbonyl (C=O) groups excluding carboxylic acids is 3. The van der Waals surface area contributed by atoms with E-state index in [4.69, 9.17) is 9.47 Å². The fourth-order valence-corrected chi connectivity index (χ4v) is 2.38. The number of para-hydroxylation sites is 1. The molecule has 8 heteroatoms. The Balaban J connectivity index is 2.09. The summed E-state index contributed by atoms with van der Waals surface area (Å²) in [5.74, 6) is -1.37. The second-order valence-electron chi connectivity index (χ2n) is 5.75. The number of aromatic nitrogens is 1. The van der Waals surface area contributed by atoms with Crippen molar-refractivity contribution in [2.24, 2.45) is 0 Å². The molecule has 0 saturated heterocycles. The Hall–Kier alpha value is -3.26. The molecule has 0 unspecified atom stereocenters. The number of esters is 1. The predicted molar refractivity (Wildman–Crippen MR) is 103 cm³/mol. The van der Waals surface area contributed by atoms with Gasteiger partial charge in [0.15, 0.2) is 0 Å². The van der Waals surface area contributed by atoms with Crippen molar-refractivity contribution in [1.29, 1.82) is 0 Å². The molecule has 0 fully saturated rings. The molecule has 2 amide bonds. The minimum absolute atomic E-state index is 0.0585. The van der Waals surface area contributed by atoms with Gasteiger partial charge in [0.2, 0.25) is 0 Å². The van der Waals surface area contributed by atoms with E-state index in [1.807, 2.05) is 0 Å². The summed E-state index contributed by atoms with van der Waals surface area (Å²) in [7, 11) is 1.59. The molecule has 2 rings (SSSR count). The van der Waals surface area contributed by atoms with Gasteiger partial charge in [0.05, 0.1) is 17.9 Å². The average Bonchev–Trinajstić information content (AvgIpc) is 2.71. The first-order valence-corrected chi connectivity index (χ1v) is 8.87. The molecule has 1 aromatic carbocycles. The zero-order valence-electron chi connectivity index (χ0n) is 15.9. The monoisotopic (exact) mass is 385 g/mol. The predicted octanol–water partition coefficient (Wildman–Crippen LogP) is 2.28. The highest BCUT2D eigenvalue weighted by Crippen LogP contribution is 2.17. The first-order valence-electron chi connectivity index (χ1n) is 8.87. The van der Waals surface area contributed by atoms with Gasteiger partial charge >= 0.3 is 5.97 Å². The number of pyridine rings is 1. The first kappa shape index (κ1) is 21.0. The third-order valence-electron chi connectivity index (χ3n) is 3.74. The van der Waals surface area contributed by atoms with E-state index in [1.165, 1.54) is 18.3 Å². The molecule has 0 radical (unpaired) electrons. The Morgan fingerprint density at radius 1 is 1.11 bits per heavy atom. The van der Waals surface area contributed by atoms with Crippen molar-refractivity contribution in [3.63, 3.8) is 0 Å². The molecular weight excluding hydrogens is 362 g/mol. The molecule has 0 aliphatic rings. The molecule has 0 spiro atoms. The highest BCUT2D eigenvalue weighted by Gasteiger charge is 2.16. The highest BCUT2D eigenvalue weighted by atomic mass is 16.5. The number of methoxy groups -OCH3 is 1. The van der Waals surface area contributed by atoms with Gasteiger partial charge in [-0.3, -0.25) is 14.6 Å². The number of hydrogen-bond donors (Lipinski definition) is 2. The van der Waals surface area contributed by atoms with E-state index in [-0.39, 0.29) is 23.8 Å². The third kappa shape index (κ3) is 5.88. The lowest BCUT2D eigenvalue weighted by Crippen LogP contribution is -2.26. The molecule has 2 aromatic rings. The van der Waals surface area contributed by atoms with Crippen LogP contribution < -0.4 is 10.6 Å². The van der Waals surface area contributed by atoms with E-state index >= 15 is 0 Å². The SMILES string of the molecule is CCOC(=O)c1ccccc1NC(=O)c1cc(C(=O)NCCCOC)ccn1. The maximum atomic E-state index is 12.5. The summed E-state index contributed by atoms with van der Waals surface area (Å²) in [5.41, 5.74) is 0.923. The lowest BCUT2D eigenvalue weighted by Gasteiger charge is -2.10. The second-order valence-corrected chi connectivity index (χ2v) is 5.75. The molecule has 0 saturated carbocycles. The number of anilines is 1. The van der Waals surface area contributed by atoms with Gasteiger partial charge in [-0.1, -0.05) is 12.1 Å². The minimum Gasteiger partial charge on any atom is -0.462 e. The van der Waals surface area contributed by atoms with E-state index in [9.17, 15) is 14.4 Å². The van der Waals surface area contributed by atoms with Crippen LogP contribution in [0.3, 0.4) is 0 Å². The topological polar surface area (TPSA) is 107 Å². The van der Waals surface area contributed by atoms with Gasteiger partial charge < -0.3 is 20.1 Å². The van der Waals surface area contributed by atoms with Gasteiger partial charge in [0.25, 0.3) is 11.8 Å². The fraction of sp³-hybridized carbons (Fsp3) is 0.300. The summed E-state index contributed by atoms with van der Waals surface area (Å²) in [5, 5.41) is 5.39. The van der Waals surface area contributed by atoms with E-state index < -0.39 is 11.9 Å². The van der Waals surface area contributed by atoms with Crippen LogP contribution in [0.25, 0.3) is 0 Å². The van der Waals surface area contributed by atoms with Gasteiger partial charge in [-0.2, -0.15) is 0 Å². The molecular formula is C20H23N3O5. The first-order chi connectivity index (χ1) is 13.6. The Morgan fingerprint density at radius 3 is 2.64 bits per heavy atom. The normalized spacial score (nSPS) is 10.2. The lowest BCUT2D eigenvalue weighted by molar-refractivity contribution is 0.0527. The Bertz CT molecular complexity index is 838. The molecule has 0 aliphatic heterocycles. The summed E-state index contributed by atoms with van der Waals surface area (Å²) in [6, 6.07) is 9.44. The summed E-state index contributed by atoms with van der Waals surface area (Å²) >= 11 is 0. The number of amides is 2. The number of hydrogen-bond acceptors (Lipinski definition) is 6. The molecule has 2 N–H and O–H groups in total. The van der Waals surface area contributed by atoms with Crippen LogP contribution in [-0.4, -0.2) is 49.6 Å². The minimum atomic E-state index is -0.536. The molecule has 1 aromatic heterocycles. The van der Waals surface area contributed by atoms with Crippen molar-refractivity contribution in [2.45, 2.75) is 13.3 Å². The van der Waals surface area contributed by atoms with Crippen molar-refractivity contribution in [2.75, 3.05) is 32.2 Å². The number of nitrogens with one attached hydrogen (secondary N) is 2. The Morgan fingerprint density at radius 2 is 1.89 bits per heavy atom.